The van der Waals surface area contributed by atoms with E-state index >= 15 is 0 Å². The summed E-state index contributed by atoms with van der Waals surface area (Å²) < 4.78 is 0. The van der Waals surface area contributed by atoms with Gasteiger partial charge in [-0.25, -0.2) is 0 Å². The van der Waals surface area contributed by atoms with Crippen LogP contribution in [-0.4, -0.2) is 29.4 Å². The quantitative estimate of drug-likeness (QED) is 0.761. The highest BCUT2D eigenvalue weighted by molar-refractivity contribution is 6.22. The van der Waals surface area contributed by atoms with Crippen LogP contribution in [0.1, 0.15) is 46.0 Å². The number of benzene rings is 2. The van der Waals surface area contributed by atoms with E-state index in [0.29, 0.717) is 23.1 Å². The van der Waals surface area contributed by atoms with Crippen molar-refractivity contribution >= 4 is 11.7 Å². The normalized spacial score (nSPS) is 13.4. The topological polar surface area (TPSA) is 66.4 Å². The summed E-state index contributed by atoms with van der Waals surface area (Å²) in [7, 11) is 0. The van der Waals surface area contributed by atoms with Crippen molar-refractivity contribution in [2.75, 3.05) is 6.61 Å². The summed E-state index contributed by atoms with van der Waals surface area (Å²) in [6.07, 6.45) is 1.37. The van der Waals surface area contributed by atoms with Crippen molar-refractivity contribution in [1.29, 1.82) is 0 Å². The standard InChI is InChI=1S/C19H19NO3/c1-12(5-4-10-21)20-19(23)13-8-9-15-14-6-2-3-7-16(14)18(22)17(15)11-13/h2-3,6-9,11-12,21H,4-5,10H2,1H3,(H,20,23). The molecule has 1 amide bonds. The van der Waals surface area contributed by atoms with Gasteiger partial charge in [0.25, 0.3) is 5.91 Å². The molecule has 0 bridgehead atoms. The van der Waals surface area contributed by atoms with Crippen molar-refractivity contribution < 1.29 is 14.7 Å². The number of rotatable bonds is 5. The van der Waals surface area contributed by atoms with Gasteiger partial charge < -0.3 is 10.4 Å². The van der Waals surface area contributed by atoms with Gasteiger partial charge in [-0.05, 0) is 43.0 Å². The minimum atomic E-state index is -0.193. The molecule has 0 spiro atoms. The van der Waals surface area contributed by atoms with Gasteiger partial charge in [0.05, 0.1) is 0 Å². The van der Waals surface area contributed by atoms with Crippen LogP contribution in [0.5, 0.6) is 0 Å². The Hall–Kier alpha value is -2.46. The fourth-order valence-corrected chi connectivity index (χ4v) is 2.95. The Kier molecular flexibility index (Phi) is 4.26. The third-order valence-electron chi connectivity index (χ3n) is 4.16. The van der Waals surface area contributed by atoms with Gasteiger partial charge in [0, 0.05) is 29.3 Å². The Morgan fingerprint density at radius 1 is 1.09 bits per heavy atom. The number of hydrogen-bond donors (Lipinski definition) is 2. The first-order chi connectivity index (χ1) is 11.1. The monoisotopic (exact) mass is 309 g/mol. The number of aliphatic hydroxyl groups excluding tert-OH is 1. The lowest BCUT2D eigenvalue weighted by Gasteiger charge is -2.13. The number of fused-ring (bicyclic) bond motifs is 3. The number of ketones is 1. The SMILES string of the molecule is CC(CCCO)NC(=O)c1ccc2c(c1)C(=O)c1ccccc1-2. The maximum Gasteiger partial charge on any atom is 0.251 e. The van der Waals surface area contributed by atoms with Crippen molar-refractivity contribution in [1.82, 2.24) is 5.32 Å². The van der Waals surface area contributed by atoms with Crippen LogP contribution in [-0.2, 0) is 0 Å². The number of hydrogen-bond acceptors (Lipinski definition) is 3. The number of carbonyl (C=O) groups excluding carboxylic acids is 2. The highest BCUT2D eigenvalue weighted by Crippen LogP contribution is 2.36. The summed E-state index contributed by atoms with van der Waals surface area (Å²) in [4.78, 5) is 24.8. The Morgan fingerprint density at radius 2 is 1.78 bits per heavy atom. The van der Waals surface area contributed by atoms with Crippen molar-refractivity contribution in [3.8, 4) is 11.1 Å². The second kappa shape index (κ2) is 6.34. The minimum absolute atomic E-state index is 0.0178. The average Bonchev–Trinajstić information content (AvgIpc) is 2.86. The molecule has 2 N–H and O–H groups in total. The van der Waals surface area contributed by atoms with Crippen LogP contribution in [0.15, 0.2) is 42.5 Å². The molecule has 4 heteroatoms. The molecule has 0 radical (unpaired) electrons. The van der Waals surface area contributed by atoms with Crippen molar-refractivity contribution in [2.45, 2.75) is 25.8 Å². The molecule has 2 aromatic rings. The molecular weight excluding hydrogens is 290 g/mol. The summed E-state index contributed by atoms with van der Waals surface area (Å²) in [6, 6.07) is 12.7. The summed E-state index contributed by atoms with van der Waals surface area (Å²) >= 11 is 0. The van der Waals surface area contributed by atoms with Crippen LogP contribution in [0.2, 0.25) is 0 Å². The molecule has 2 aromatic carbocycles. The van der Waals surface area contributed by atoms with Crippen molar-refractivity contribution in [3.05, 3.63) is 59.2 Å². The van der Waals surface area contributed by atoms with Crippen LogP contribution in [0.3, 0.4) is 0 Å². The number of amides is 1. The van der Waals surface area contributed by atoms with Crippen molar-refractivity contribution in [3.63, 3.8) is 0 Å². The van der Waals surface area contributed by atoms with E-state index in [-0.39, 0.29) is 24.3 Å². The Bertz CT molecular complexity index is 767. The van der Waals surface area contributed by atoms with Gasteiger partial charge in [0.1, 0.15) is 0 Å². The third kappa shape index (κ3) is 2.90. The molecule has 3 rings (SSSR count). The van der Waals surface area contributed by atoms with Gasteiger partial charge in [0.15, 0.2) is 5.78 Å². The zero-order chi connectivity index (χ0) is 16.4. The summed E-state index contributed by atoms with van der Waals surface area (Å²) in [5, 5.41) is 11.7. The largest absolute Gasteiger partial charge is 0.396 e. The molecule has 0 aromatic heterocycles. The lowest BCUT2D eigenvalue weighted by Crippen LogP contribution is -2.32. The number of carbonyl (C=O) groups is 2. The van der Waals surface area contributed by atoms with Crippen LogP contribution in [0.4, 0.5) is 0 Å². The molecule has 1 aliphatic rings. The van der Waals surface area contributed by atoms with Crippen LogP contribution < -0.4 is 5.32 Å². The van der Waals surface area contributed by atoms with E-state index in [2.05, 4.69) is 5.32 Å². The smallest absolute Gasteiger partial charge is 0.251 e. The Labute approximate surface area is 135 Å². The second-order valence-electron chi connectivity index (χ2n) is 5.88. The second-order valence-corrected chi connectivity index (χ2v) is 5.88. The van der Waals surface area contributed by atoms with Gasteiger partial charge in [-0.3, -0.25) is 9.59 Å². The summed E-state index contributed by atoms with van der Waals surface area (Å²) in [5.41, 5.74) is 3.57. The minimum Gasteiger partial charge on any atom is -0.396 e. The van der Waals surface area contributed by atoms with E-state index in [4.69, 9.17) is 5.11 Å². The van der Waals surface area contributed by atoms with Crippen LogP contribution in [0, 0.1) is 0 Å². The predicted octanol–water partition coefficient (Wildman–Crippen LogP) is 2.79. The van der Waals surface area contributed by atoms with Gasteiger partial charge in [-0.1, -0.05) is 30.3 Å². The van der Waals surface area contributed by atoms with Gasteiger partial charge in [0.2, 0.25) is 0 Å². The van der Waals surface area contributed by atoms with E-state index in [1.807, 2.05) is 37.3 Å². The zero-order valence-corrected chi connectivity index (χ0v) is 13.0. The lowest BCUT2D eigenvalue weighted by molar-refractivity contribution is 0.0936. The molecule has 118 valence electrons. The first-order valence-electron chi connectivity index (χ1n) is 7.81. The fraction of sp³-hybridized carbons (Fsp3) is 0.263. The molecular formula is C19H19NO3. The molecule has 1 aliphatic carbocycles. The number of aliphatic hydroxyl groups is 1. The highest BCUT2D eigenvalue weighted by atomic mass is 16.3. The third-order valence-corrected chi connectivity index (χ3v) is 4.16. The lowest BCUT2D eigenvalue weighted by atomic mass is 10.0. The molecule has 0 aliphatic heterocycles. The molecule has 0 fully saturated rings. The van der Waals surface area contributed by atoms with E-state index in [1.54, 1.807) is 12.1 Å². The first kappa shape index (κ1) is 15.4. The predicted molar refractivity (Wildman–Crippen MR) is 88.6 cm³/mol. The molecule has 1 unspecified atom stereocenters. The Balaban J connectivity index is 1.83. The number of nitrogens with one attached hydrogen (secondary N) is 1. The molecule has 1 atom stereocenters. The zero-order valence-electron chi connectivity index (χ0n) is 13.0. The summed E-state index contributed by atoms with van der Waals surface area (Å²) in [5.74, 6) is -0.222. The van der Waals surface area contributed by atoms with E-state index in [9.17, 15) is 9.59 Å². The van der Waals surface area contributed by atoms with Gasteiger partial charge >= 0.3 is 0 Å². The first-order valence-corrected chi connectivity index (χ1v) is 7.81. The molecule has 0 saturated carbocycles. The Morgan fingerprint density at radius 3 is 2.52 bits per heavy atom. The van der Waals surface area contributed by atoms with Gasteiger partial charge in [-0.2, -0.15) is 0 Å². The average molecular weight is 309 g/mol. The van der Waals surface area contributed by atoms with E-state index < -0.39 is 0 Å². The maximum atomic E-state index is 12.5. The van der Waals surface area contributed by atoms with Crippen LogP contribution in [0.25, 0.3) is 11.1 Å². The molecule has 0 saturated heterocycles. The van der Waals surface area contributed by atoms with Crippen LogP contribution >= 0.6 is 0 Å². The highest BCUT2D eigenvalue weighted by Gasteiger charge is 2.27. The summed E-state index contributed by atoms with van der Waals surface area (Å²) in [6.45, 7) is 2.02. The van der Waals surface area contributed by atoms with Crippen molar-refractivity contribution in [2.24, 2.45) is 0 Å². The molecule has 0 heterocycles. The molecule has 4 nitrogen and oxygen atoms in total. The fourth-order valence-electron chi connectivity index (χ4n) is 2.95. The molecule has 23 heavy (non-hydrogen) atoms. The van der Waals surface area contributed by atoms with Gasteiger partial charge in [-0.15, -0.1) is 0 Å². The maximum absolute atomic E-state index is 12.5. The van der Waals surface area contributed by atoms with E-state index in [1.165, 1.54) is 0 Å². The van der Waals surface area contributed by atoms with E-state index in [0.717, 1.165) is 17.5 Å².